The number of rotatable bonds is 3. The van der Waals surface area contributed by atoms with Crippen LogP contribution in [0.15, 0.2) is 24.3 Å². The van der Waals surface area contributed by atoms with Gasteiger partial charge in [0.15, 0.2) is 0 Å². The predicted molar refractivity (Wildman–Crippen MR) is 79.1 cm³/mol. The van der Waals surface area contributed by atoms with Crippen molar-refractivity contribution in [2.45, 2.75) is 39.8 Å². The molecule has 0 saturated heterocycles. The van der Waals surface area contributed by atoms with E-state index in [2.05, 4.69) is 38.3 Å². The molecule has 0 aliphatic heterocycles. The third-order valence-corrected chi connectivity index (χ3v) is 3.16. The zero-order valence-corrected chi connectivity index (χ0v) is 12.2. The molecule has 100 valence electrons. The molecule has 0 radical (unpaired) electrons. The Balaban J connectivity index is 0.00000162. The van der Waals surface area contributed by atoms with Gasteiger partial charge in [-0.1, -0.05) is 26.0 Å². The van der Waals surface area contributed by atoms with Crippen LogP contribution in [0.1, 0.15) is 45.6 Å². The topological polar surface area (TPSA) is 43.8 Å². The lowest BCUT2D eigenvalue weighted by atomic mass is 10.0. The molecular formula is C14H22ClN3. The molecule has 0 aliphatic carbocycles. The van der Waals surface area contributed by atoms with Gasteiger partial charge in [0.25, 0.3) is 0 Å². The van der Waals surface area contributed by atoms with Crippen LogP contribution >= 0.6 is 12.4 Å². The molecule has 1 aromatic carbocycles. The largest absolute Gasteiger partial charge is 0.324 e. The van der Waals surface area contributed by atoms with Crippen LogP contribution in [-0.4, -0.2) is 9.55 Å². The molecule has 0 bridgehead atoms. The Hall–Kier alpha value is -1.06. The summed E-state index contributed by atoms with van der Waals surface area (Å²) >= 11 is 0. The smallest absolute Gasteiger partial charge is 0.127 e. The van der Waals surface area contributed by atoms with Gasteiger partial charge in [-0.15, -0.1) is 12.4 Å². The molecule has 0 amide bonds. The van der Waals surface area contributed by atoms with E-state index in [9.17, 15) is 0 Å². The van der Waals surface area contributed by atoms with Crippen LogP contribution in [0.2, 0.25) is 0 Å². The molecule has 0 spiro atoms. The fourth-order valence-electron chi connectivity index (χ4n) is 2.14. The van der Waals surface area contributed by atoms with Crippen LogP contribution in [0.5, 0.6) is 0 Å². The Kier molecular flexibility index (Phi) is 4.77. The number of imidazole rings is 1. The van der Waals surface area contributed by atoms with Gasteiger partial charge in [-0.3, -0.25) is 0 Å². The van der Waals surface area contributed by atoms with Crippen LogP contribution in [0, 0.1) is 5.92 Å². The van der Waals surface area contributed by atoms with Crippen LogP contribution in [-0.2, 0) is 0 Å². The minimum Gasteiger partial charge on any atom is -0.324 e. The van der Waals surface area contributed by atoms with E-state index in [1.54, 1.807) is 0 Å². The average molecular weight is 268 g/mol. The Morgan fingerprint density at radius 3 is 2.28 bits per heavy atom. The Bertz CT molecular complexity index is 517. The zero-order chi connectivity index (χ0) is 12.6. The van der Waals surface area contributed by atoms with Crippen LogP contribution < -0.4 is 5.73 Å². The molecule has 1 atom stereocenters. The summed E-state index contributed by atoms with van der Waals surface area (Å²) in [5, 5.41) is 0. The molecule has 1 aromatic heterocycles. The average Bonchev–Trinajstić information content (AvgIpc) is 2.66. The van der Waals surface area contributed by atoms with Gasteiger partial charge < -0.3 is 10.3 Å². The van der Waals surface area contributed by atoms with Gasteiger partial charge in [-0.2, -0.15) is 0 Å². The first-order chi connectivity index (χ1) is 8.02. The van der Waals surface area contributed by atoms with E-state index in [1.165, 1.54) is 5.52 Å². The first-order valence-corrected chi connectivity index (χ1v) is 6.24. The lowest BCUT2D eigenvalue weighted by molar-refractivity contribution is 0.453. The summed E-state index contributed by atoms with van der Waals surface area (Å²) in [7, 11) is 0. The summed E-state index contributed by atoms with van der Waals surface area (Å²) < 4.78 is 2.25. The molecule has 0 unspecified atom stereocenters. The first kappa shape index (κ1) is 15.0. The van der Waals surface area contributed by atoms with Crippen molar-refractivity contribution < 1.29 is 0 Å². The molecule has 2 N–H and O–H groups in total. The highest BCUT2D eigenvalue weighted by Crippen LogP contribution is 2.26. The summed E-state index contributed by atoms with van der Waals surface area (Å²) in [4.78, 5) is 4.69. The van der Waals surface area contributed by atoms with Gasteiger partial charge in [-0.25, -0.2) is 4.98 Å². The number of para-hydroxylation sites is 2. The monoisotopic (exact) mass is 267 g/mol. The van der Waals surface area contributed by atoms with Gasteiger partial charge in [0.2, 0.25) is 0 Å². The highest BCUT2D eigenvalue weighted by atomic mass is 35.5. The lowest BCUT2D eigenvalue weighted by Gasteiger charge is -2.19. The number of nitrogens with two attached hydrogens (primary N) is 1. The van der Waals surface area contributed by atoms with Crippen LogP contribution in [0.4, 0.5) is 0 Å². The SMILES string of the molecule is CC(C)[C@H](N)c1nc2ccccc2n1C(C)C.Cl. The number of benzene rings is 1. The van der Waals surface area contributed by atoms with Gasteiger partial charge in [0.05, 0.1) is 17.1 Å². The third-order valence-electron chi connectivity index (χ3n) is 3.16. The van der Waals surface area contributed by atoms with E-state index in [-0.39, 0.29) is 18.4 Å². The fraction of sp³-hybridized carbons (Fsp3) is 0.500. The van der Waals surface area contributed by atoms with E-state index in [0.29, 0.717) is 12.0 Å². The van der Waals surface area contributed by atoms with Gasteiger partial charge in [0.1, 0.15) is 5.82 Å². The zero-order valence-electron chi connectivity index (χ0n) is 11.4. The van der Waals surface area contributed by atoms with Crippen molar-refractivity contribution >= 4 is 23.4 Å². The summed E-state index contributed by atoms with van der Waals surface area (Å²) in [5.41, 5.74) is 8.47. The number of hydrogen-bond acceptors (Lipinski definition) is 2. The molecule has 4 heteroatoms. The second-order valence-corrected chi connectivity index (χ2v) is 5.19. The fourth-order valence-corrected chi connectivity index (χ4v) is 2.14. The van der Waals surface area contributed by atoms with Crippen LogP contribution in [0.3, 0.4) is 0 Å². The molecule has 2 aromatic rings. The summed E-state index contributed by atoms with van der Waals surface area (Å²) in [5.74, 6) is 1.39. The molecular weight excluding hydrogens is 246 g/mol. The van der Waals surface area contributed by atoms with Gasteiger partial charge in [-0.05, 0) is 31.9 Å². The van der Waals surface area contributed by atoms with E-state index >= 15 is 0 Å². The van der Waals surface area contributed by atoms with Crippen LogP contribution in [0.25, 0.3) is 11.0 Å². The molecule has 1 heterocycles. The quantitative estimate of drug-likeness (QED) is 0.922. The summed E-state index contributed by atoms with van der Waals surface area (Å²) in [6.45, 7) is 8.61. The molecule has 3 nitrogen and oxygen atoms in total. The van der Waals surface area contributed by atoms with E-state index in [1.807, 2.05) is 18.2 Å². The summed E-state index contributed by atoms with van der Waals surface area (Å²) in [6.07, 6.45) is 0. The maximum atomic E-state index is 6.26. The minimum absolute atomic E-state index is 0. The normalized spacial score (nSPS) is 13.1. The van der Waals surface area contributed by atoms with Crippen molar-refractivity contribution in [3.8, 4) is 0 Å². The second kappa shape index (κ2) is 5.72. The number of hydrogen-bond donors (Lipinski definition) is 1. The standard InChI is InChI=1S/C14H21N3.ClH/c1-9(2)13(15)14-16-11-7-5-6-8-12(11)17(14)10(3)4;/h5-10,13H,15H2,1-4H3;1H/t13-;/m0./s1. The van der Waals surface area contributed by atoms with Crippen molar-refractivity contribution in [2.75, 3.05) is 0 Å². The Morgan fingerprint density at radius 1 is 1.11 bits per heavy atom. The van der Waals surface area contributed by atoms with Gasteiger partial charge in [0, 0.05) is 6.04 Å². The number of halogens is 1. The number of nitrogens with zero attached hydrogens (tertiary/aromatic N) is 2. The number of aromatic nitrogens is 2. The van der Waals surface area contributed by atoms with Gasteiger partial charge >= 0.3 is 0 Å². The number of fused-ring (bicyclic) bond motifs is 1. The predicted octanol–water partition coefficient (Wildman–Crippen LogP) is 3.69. The Labute approximate surface area is 115 Å². The van der Waals surface area contributed by atoms with Crippen molar-refractivity contribution in [3.05, 3.63) is 30.1 Å². The van der Waals surface area contributed by atoms with E-state index < -0.39 is 0 Å². The second-order valence-electron chi connectivity index (χ2n) is 5.19. The van der Waals surface area contributed by atoms with Crippen molar-refractivity contribution in [2.24, 2.45) is 11.7 Å². The first-order valence-electron chi connectivity index (χ1n) is 6.24. The molecule has 2 rings (SSSR count). The van der Waals surface area contributed by atoms with E-state index in [4.69, 9.17) is 10.7 Å². The lowest BCUT2D eigenvalue weighted by Crippen LogP contribution is -2.22. The highest BCUT2D eigenvalue weighted by molar-refractivity contribution is 5.85. The molecule has 0 saturated carbocycles. The maximum absolute atomic E-state index is 6.26. The van der Waals surface area contributed by atoms with Crippen molar-refractivity contribution in [1.29, 1.82) is 0 Å². The third kappa shape index (κ3) is 2.52. The van der Waals surface area contributed by atoms with Crippen molar-refractivity contribution in [3.63, 3.8) is 0 Å². The Morgan fingerprint density at radius 2 is 1.72 bits per heavy atom. The highest BCUT2D eigenvalue weighted by Gasteiger charge is 2.20. The molecule has 0 aliphatic rings. The maximum Gasteiger partial charge on any atom is 0.127 e. The molecule has 18 heavy (non-hydrogen) atoms. The summed E-state index contributed by atoms with van der Waals surface area (Å²) in [6, 6.07) is 8.59. The van der Waals surface area contributed by atoms with Crippen molar-refractivity contribution in [1.82, 2.24) is 9.55 Å². The molecule has 0 fully saturated rings. The van der Waals surface area contributed by atoms with E-state index in [0.717, 1.165) is 11.3 Å². The minimum atomic E-state index is -0.00944.